The van der Waals surface area contributed by atoms with Crippen LogP contribution in [0.25, 0.3) is 0 Å². The van der Waals surface area contributed by atoms with Gasteiger partial charge in [0.25, 0.3) is 0 Å². The first-order valence-electron chi connectivity index (χ1n) is 7.55. The predicted molar refractivity (Wildman–Crippen MR) is 85.4 cm³/mol. The zero-order valence-corrected chi connectivity index (χ0v) is 13.5. The van der Waals surface area contributed by atoms with Crippen molar-refractivity contribution in [1.29, 1.82) is 0 Å². The van der Waals surface area contributed by atoms with E-state index in [9.17, 15) is 0 Å². The second-order valence-electron chi connectivity index (χ2n) is 6.53. The highest BCUT2D eigenvalue weighted by Crippen LogP contribution is 2.33. The van der Waals surface area contributed by atoms with E-state index in [0.29, 0.717) is 12.0 Å². The molecule has 1 fully saturated rings. The van der Waals surface area contributed by atoms with Crippen molar-refractivity contribution in [2.24, 2.45) is 5.92 Å². The lowest BCUT2D eigenvalue weighted by molar-refractivity contribution is -0.0243. The first-order chi connectivity index (χ1) is 9.48. The van der Waals surface area contributed by atoms with E-state index in [1.54, 1.807) is 0 Å². The van der Waals surface area contributed by atoms with Crippen LogP contribution in [-0.4, -0.2) is 25.3 Å². The van der Waals surface area contributed by atoms with E-state index in [4.69, 9.17) is 16.3 Å². The first-order valence-corrected chi connectivity index (χ1v) is 7.93. The van der Waals surface area contributed by atoms with E-state index < -0.39 is 0 Å². The van der Waals surface area contributed by atoms with E-state index >= 15 is 0 Å². The zero-order valence-electron chi connectivity index (χ0n) is 12.8. The molecule has 0 amide bonds. The van der Waals surface area contributed by atoms with Gasteiger partial charge in [-0.25, -0.2) is 0 Å². The minimum atomic E-state index is 0.0646. The summed E-state index contributed by atoms with van der Waals surface area (Å²) in [5.41, 5.74) is 1.42. The summed E-state index contributed by atoms with van der Waals surface area (Å²) in [6.07, 6.45) is 4.99. The van der Waals surface area contributed by atoms with Crippen molar-refractivity contribution in [2.75, 3.05) is 13.6 Å². The van der Waals surface area contributed by atoms with Gasteiger partial charge in [0, 0.05) is 5.02 Å². The SMILES string of the molecule is CNCC(Cc1ccc(Cl)cc1)CC1CCC(C)(C)O1. The fourth-order valence-electron chi connectivity index (χ4n) is 3.10. The van der Waals surface area contributed by atoms with Crippen molar-refractivity contribution in [1.82, 2.24) is 5.32 Å². The third-order valence-electron chi connectivity index (χ3n) is 4.08. The lowest BCUT2D eigenvalue weighted by Crippen LogP contribution is -2.27. The maximum atomic E-state index is 6.13. The summed E-state index contributed by atoms with van der Waals surface area (Å²) in [4.78, 5) is 0. The number of rotatable bonds is 6. The Morgan fingerprint density at radius 1 is 1.35 bits per heavy atom. The van der Waals surface area contributed by atoms with Gasteiger partial charge in [-0.3, -0.25) is 0 Å². The highest BCUT2D eigenvalue weighted by Gasteiger charge is 2.32. The number of nitrogens with one attached hydrogen (secondary N) is 1. The van der Waals surface area contributed by atoms with Crippen LogP contribution in [-0.2, 0) is 11.2 Å². The Bertz CT molecular complexity index is 416. The third kappa shape index (κ3) is 4.76. The maximum absolute atomic E-state index is 6.13. The molecule has 2 unspecified atom stereocenters. The number of ether oxygens (including phenoxy) is 1. The van der Waals surface area contributed by atoms with Crippen LogP contribution in [0.2, 0.25) is 5.02 Å². The molecule has 0 radical (unpaired) electrons. The van der Waals surface area contributed by atoms with Crippen molar-refractivity contribution in [3.63, 3.8) is 0 Å². The fourth-order valence-corrected chi connectivity index (χ4v) is 3.22. The van der Waals surface area contributed by atoms with Gasteiger partial charge in [-0.15, -0.1) is 0 Å². The van der Waals surface area contributed by atoms with Crippen LogP contribution in [0.4, 0.5) is 0 Å². The van der Waals surface area contributed by atoms with Gasteiger partial charge in [0.05, 0.1) is 11.7 Å². The van der Waals surface area contributed by atoms with Crippen molar-refractivity contribution < 1.29 is 4.74 Å². The molecule has 1 aliphatic heterocycles. The average molecular weight is 296 g/mol. The second-order valence-corrected chi connectivity index (χ2v) is 6.96. The standard InChI is InChI=1S/C17H26ClNO/c1-17(2)9-8-16(20-17)11-14(12-19-3)10-13-4-6-15(18)7-5-13/h4-7,14,16,19H,8-12H2,1-3H3. The van der Waals surface area contributed by atoms with Crippen molar-refractivity contribution >= 4 is 11.6 Å². The topological polar surface area (TPSA) is 21.3 Å². The number of hydrogen-bond donors (Lipinski definition) is 1. The molecule has 1 aliphatic rings. The molecule has 20 heavy (non-hydrogen) atoms. The Balaban J connectivity index is 1.91. The van der Waals surface area contributed by atoms with Gasteiger partial charge in [-0.05, 0) is 76.7 Å². The molecule has 112 valence electrons. The highest BCUT2D eigenvalue weighted by molar-refractivity contribution is 6.30. The smallest absolute Gasteiger partial charge is 0.0631 e. The Labute approximate surface area is 127 Å². The summed E-state index contributed by atoms with van der Waals surface area (Å²) >= 11 is 5.95. The molecule has 1 heterocycles. The van der Waals surface area contributed by atoms with Gasteiger partial charge in [-0.2, -0.15) is 0 Å². The van der Waals surface area contributed by atoms with Gasteiger partial charge in [0.2, 0.25) is 0 Å². The molecule has 0 aliphatic carbocycles. The monoisotopic (exact) mass is 295 g/mol. The highest BCUT2D eigenvalue weighted by atomic mass is 35.5. The van der Waals surface area contributed by atoms with Crippen LogP contribution < -0.4 is 5.32 Å². The molecule has 1 aromatic rings. The van der Waals surface area contributed by atoms with E-state index in [0.717, 1.165) is 24.4 Å². The van der Waals surface area contributed by atoms with E-state index in [2.05, 4.69) is 31.3 Å². The molecule has 0 bridgehead atoms. The lowest BCUT2D eigenvalue weighted by atomic mass is 9.92. The molecular weight excluding hydrogens is 270 g/mol. The van der Waals surface area contributed by atoms with Crippen LogP contribution in [0.3, 0.4) is 0 Å². The molecule has 1 saturated heterocycles. The van der Waals surface area contributed by atoms with E-state index in [1.807, 2.05) is 19.2 Å². The minimum Gasteiger partial charge on any atom is -0.372 e. The predicted octanol–water partition coefficient (Wildman–Crippen LogP) is 4.07. The summed E-state index contributed by atoms with van der Waals surface area (Å²) in [6.45, 7) is 5.42. The normalized spacial score (nSPS) is 22.9. The van der Waals surface area contributed by atoms with Crippen LogP contribution in [0.15, 0.2) is 24.3 Å². The van der Waals surface area contributed by atoms with Crippen molar-refractivity contribution in [3.8, 4) is 0 Å². The minimum absolute atomic E-state index is 0.0646. The van der Waals surface area contributed by atoms with Gasteiger partial charge >= 0.3 is 0 Å². The maximum Gasteiger partial charge on any atom is 0.0631 e. The largest absolute Gasteiger partial charge is 0.372 e. The summed E-state index contributed by atoms with van der Waals surface area (Å²) in [5, 5.41) is 4.12. The molecule has 2 nitrogen and oxygen atoms in total. The van der Waals surface area contributed by atoms with E-state index in [1.165, 1.54) is 18.4 Å². The average Bonchev–Trinajstić information content (AvgIpc) is 2.72. The molecule has 2 atom stereocenters. The quantitative estimate of drug-likeness (QED) is 0.854. The third-order valence-corrected chi connectivity index (χ3v) is 4.33. The van der Waals surface area contributed by atoms with Crippen molar-refractivity contribution in [2.45, 2.75) is 51.2 Å². The Morgan fingerprint density at radius 2 is 2.05 bits per heavy atom. The van der Waals surface area contributed by atoms with Crippen LogP contribution in [0.5, 0.6) is 0 Å². The molecule has 1 aromatic carbocycles. The van der Waals surface area contributed by atoms with Crippen LogP contribution in [0, 0.1) is 5.92 Å². The van der Waals surface area contributed by atoms with Gasteiger partial charge in [-0.1, -0.05) is 23.7 Å². The van der Waals surface area contributed by atoms with Crippen molar-refractivity contribution in [3.05, 3.63) is 34.9 Å². The first kappa shape index (κ1) is 15.8. The Kier molecular flexibility index (Phi) is 5.48. The van der Waals surface area contributed by atoms with Gasteiger partial charge in [0.1, 0.15) is 0 Å². The Morgan fingerprint density at radius 3 is 2.60 bits per heavy atom. The number of benzene rings is 1. The lowest BCUT2D eigenvalue weighted by Gasteiger charge is -2.23. The molecule has 2 rings (SSSR count). The molecular formula is C17H26ClNO. The fraction of sp³-hybridized carbons (Fsp3) is 0.647. The van der Waals surface area contributed by atoms with Crippen LogP contribution >= 0.6 is 11.6 Å². The zero-order chi connectivity index (χ0) is 14.6. The Hall–Kier alpha value is -0.570. The molecule has 3 heteroatoms. The number of halogens is 1. The molecule has 1 N–H and O–H groups in total. The van der Waals surface area contributed by atoms with Gasteiger partial charge in [0.15, 0.2) is 0 Å². The second kappa shape index (κ2) is 6.93. The summed E-state index contributed by atoms with van der Waals surface area (Å²) in [5.74, 6) is 0.611. The number of hydrogen-bond acceptors (Lipinski definition) is 2. The molecule has 0 saturated carbocycles. The van der Waals surface area contributed by atoms with Gasteiger partial charge < -0.3 is 10.1 Å². The molecule has 0 aromatic heterocycles. The van der Waals surface area contributed by atoms with E-state index in [-0.39, 0.29) is 5.60 Å². The summed E-state index contributed by atoms with van der Waals surface area (Å²) in [7, 11) is 2.02. The summed E-state index contributed by atoms with van der Waals surface area (Å²) in [6, 6.07) is 8.21. The molecule has 0 spiro atoms. The summed E-state index contributed by atoms with van der Waals surface area (Å²) < 4.78 is 6.13. The van der Waals surface area contributed by atoms with Crippen LogP contribution in [0.1, 0.15) is 38.7 Å².